The van der Waals surface area contributed by atoms with E-state index in [-0.39, 0.29) is 0 Å². The van der Waals surface area contributed by atoms with Gasteiger partial charge < -0.3 is 4.74 Å². The molecule has 1 aliphatic heterocycles. The predicted octanol–water partition coefficient (Wildman–Crippen LogP) is 0.855. The lowest BCUT2D eigenvalue weighted by Crippen LogP contribution is -1.76. The summed E-state index contributed by atoms with van der Waals surface area (Å²) >= 11 is 0. The molecule has 2 nitrogen and oxygen atoms in total. The van der Waals surface area contributed by atoms with Crippen LogP contribution in [0.15, 0.2) is 12.2 Å². The number of ether oxygens (including phenoxy) is 1. The van der Waals surface area contributed by atoms with E-state index in [2.05, 4.69) is 0 Å². The summed E-state index contributed by atoms with van der Waals surface area (Å²) in [5.41, 5.74) is 0. The van der Waals surface area contributed by atoms with Crippen LogP contribution in [0.1, 0.15) is 6.42 Å². The molecule has 2 heteroatoms. The first kappa shape index (κ1) is 5.33. The molecule has 1 atom stereocenters. The molecule has 0 aromatic rings. The molecule has 0 amide bonds. The Bertz CT molecular complexity index is 130. The maximum absolute atomic E-state index is 8.02. The van der Waals surface area contributed by atoms with Gasteiger partial charge in [-0.05, 0) is 6.42 Å². The SMILES string of the molecule is N#CC=CCC1CO1. The fourth-order valence-corrected chi connectivity index (χ4v) is 0.477. The number of rotatable bonds is 2. The minimum atomic E-state index is 0.416. The maximum Gasteiger partial charge on any atom is 0.0908 e. The van der Waals surface area contributed by atoms with Crippen molar-refractivity contribution in [2.24, 2.45) is 0 Å². The lowest BCUT2D eigenvalue weighted by molar-refractivity contribution is 0.410. The molecule has 0 saturated carbocycles. The van der Waals surface area contributed by atoms with Crippen molar-refractivity contribution in [3.8, 4) is 6.07 Å². The third kappa shape index (κ3) is 1.76. The number of hydrogen-bond acceptors (Lipinski definition) is 2. The molecule has 0 spiro atoms. The van der Waals surface area contributed by atoms with Gasteiger partial charge >= 0.3 is 0 Å². The van der Waals surface area contributed by atoms with Crippen LogP contribution in [0.3, 0.4) is 0 Å². The summed E-state index contributed by atoms with van der Waals surface area (Å²) in [7, 11) is 0. The molecule has 42 valence electrons. The number of nitriles is 1. The molecule has 1 saturated heterocycles. The molecular weight excluding hydrogens is 102 g/mol. The number of epoxide rings is 1. The summed E-state index contributed by atoms with van der Waals surface area (Å²) in [6.45, 7) is 0.871. The van der Waals surface area contributed by atoms with Gasteiger partial charge in [0.05, 0.1) is 18.8 Å². The highest BCUT2D eigenvalue weighted by Crippen LogP contribution is 2.12. The second-order valence-corrected chi connectivity index (χ2v) is 1.72. The van der Waals surface area contributed by atoms with Crippen molar-refractivity contribution in [1.29, 1.82) is 5.26 Å². The summed E-state index contributed by atoms with van der Waals surface area (Å²) in [6, 6.07) is 1.91. The zero-order chi connectivity index (χ0) is 5.82. The van der Waals surface area contributed by atoms with Gasteiger partial charge in [0.25, 0.3) is 0 Å². The van der Waals surface area contributed by atoms with E-state index in [1.54, 1.807) is 0 Å². The first-order valence-corrected chi connectivity index (χ1v) is 2.59. The Morgan fingerprint density at radius 3 is 3.12 bits per heavy atom. The molecule has 0 aromatic heterocycles. The van der Waals surface area contributed by atoms with Crippen molar-refractivity contribution < 1.29 is 4.74 Å². The molecule has 1 rings (SSSR count). The molecule has 0 radical (unpaired) electrons. The summed E-state index contributed by atoms with van der Waals surface area (Å²) < 4.78 is 4.89. The third-order valence-electron chi connectivity index (χ3n) is 0.994. The second kappa shape index (κ2) is 2.49. The normalized spacial score (nSPS) is 25.6. The van der Waals surface area contributed by atoms with Gasteiger partial charge in [-0.2, -0.15) is 5.26 Å². The molecular formula is C6H7NO. The summed E-state index contributed by atoms with van der Waals surface area (Å²) in [6.07, 6.45) is 4.63. The highest BCUT2D eigenvalue weighted by molar-refractivity contribution is 5.02. The van der Waals surface area contributed by atoms with E-state index in [1.807, 2.05) is 12.1 Å². The Morgan fingerprint density at radius 1 is 1.88 bits per heavy atom. The van der Waals surface area contributed by atoms with E-state index in [0.717, 1.165) is 13.0 Å². The molecule has 1 unspecified atom stereocenters. The van der Waals surface area contributed by atoms with Crippen molar-refractivity contribution in [3.05, 3.63) is 12.2 Å². The lowest BCUT2D eigenvalue weighted by Gasteiger charge is -1.76. The summed E-state index contributed by atoms with van der Waals surface area (Å²) in [4.78, 5) is 0. The van der Waals surface area contributed by atoms with Crippen molar-refractivity contribution >= 4 is 0 Å². The van der Waals surface area contributed by atoms with Crippen LogP contribution in [-0.4, -0.2) is 12.7 Å². The molecule has 1 aliphatic rings. The Kier molecular flexibility index (Phi) is 1.66. The van der Waals surface area contributed by atoms with Crippen molar-refractivity contribution in [2.75, 3.05) is 6.61 Å². The molecule has 8 heavy (non-hydrogen) atoms. The highest BCUT2D eigenvalue weighted by Gasteiger charge is 2.19. The van der Waals surface area contributed by atoms with E-state index >= 15 is 0 Å². The average Bonchev–Trinajstić information content (AvgIpc) is 2.51. The lowest BCUT2D eigenvalue weighted by atomic mass is 10.3. The topological polar surface area (TPSA) is 36.3 Å². The quantitative estimate of drug-likeness (QED) is 0.389. The monoisotopic (exact) mass is 109 g/mol. The van der Waals surface area contributed by atoms with Gasteiger partial charge in [-0.3, -0.25) is 0 Å². The van der Waals surface area contributed by atoms with Crippen LogP contribution < -0.4 is 0 Å². The largest absolute Gasteiger partial charge is 0.373 e. The Morgan fingerprint density at radius 2 is 2.62 bits per heavy atom. The Balaban J connectivity index is 2.04. The van der Waals surface area contributed by atoms with E-state index in [4.69, 9.17) is 10.00 Å². The van der Waals surface area contributed by atoms with Crippen molar-refractivity contribution in [3.63, 3.8) is 0 Å². The van der Waals surface area contributed by atoms with Crippen molar-refractivity contribution in [2.45, 2.75) is 12.5 Å². The van der Waals surface area contributed by atoms with Crippen LogP contribution in [0.4, 0.5) is 0 Å². The van der Waals surface area contributed by atoms with Gasteiger partial charge in [0.2, 0.25) is 0 Å². The molecule has 0 N–H and O–H groups in total. The van der Waals surface area contributed by atoms with E-state index in [1.165, 1.54) is 6.08 Å². The summed E-state index contributed by atoms with van der Waals surface area (Å²) in [5.74, 6) is 0. The van der Waals surface area contributed by atoms with Gasteiger partial charge in [0.1, 0.15) is 0 Å². The van der Waals surface area contributed by atoms with Crippen LogP contribution >= 0.6 is 0 Å². The second-order valence-electron chi connectivity index (χ2n) is 1.72. The highest BCUT2D eigenvalue weighted by atomic mass is 16.6. The molecule has 0 bridgehead atoms. The van der Waals surface area contributed by atoms with Gasteiger partial charge in [-0.1, -0.05) is 6.08 Å². The van der Waals surface area contributed by atoms with E-state index in [9.17, 15) is 0 Å². The fraction of sp³-hybridized carbons (Fsp3) is 0.500. The average molecular weight is 109 g/mol. The minimum absolute atomic E-state index is 0.416. The number of hydrogen-bond donors (Lipinski definition) is 0. The third-order valence-corrected chi connectivity index (χ3v) is 0.994. The maximum atomic E-state index is 8.02. The standard InChI is InChI=1S/C6H7NO/c7-4-2-1-3-6-5-8-6/h1-2,6H,3,5H2. The van der Waals surface area contributed by atoms with Gasteiger partial charge in [0, 0.05) is 6.08 Å². The predicted molar refractivity (Wildman–Crippen MR) is 29.1 cm³/mol. The zero-order valence-electron chi connectivity index (χ0n) is 4.50. The van der Waals surface area contributed by atoms with Crippen LogP contribution in [0.5, 0.6) is 0 Å². The Hall–Kier alpha value is -0.810. The van der Waals surface area contributed by atoms with Crippen LogP contribution in [0, 0.1) is 11.3 Å². The zero-order valence-corrected chi connectivity index (χ0v) is 4.50. The first-order chi connectivity index (χ1) is 3.93. The minimum Gasteiger partial charge on any atom is -0.373 e. The van der Waals surface area contributed by atoms with Gasteiger partial charge in [0.15, 0.2) is 0 Å². The first-order valence-electron chi connectivity index (χ1n) is 2.59. The van der Waals surface area contributed by atoms with Crippen LogP contribution in [-0.2, 0) is 4.74 Å². The molecule has 0 aromatic carbocycles. The van der Waals surface area contributed by atoms with E-state index in [0.29, 0.717) is 6.10 Å². The Labute approximate surface area is 48.4 Å². The van der Waals surface area contributed by atoms with Gasteiger partial charge in [-0.15, -0.1) is 0 Å². The smallest absolute Gasteiger partial charge is 0.0908 e. The summed E-state index contributed by atoms with van der Waals surface area (Å²) in [5, 5.41) is 8.02. The number of nitrogens with zero attached hydrogens (tertiary/aromatic N) is 1. The number of allylic oxidation sites excluding steroid dienone is 1. The van der Waals surface area contributed by atoms with E-state index < -0.39 is 0 Å². The molecule has 1 fully saturated rings. The van der Waals surface area contributed by atoms with Crippen molar-refractivity contribution in [1.82, 2.24) is 0 Å². The van der Waals surface area contributed by atoms with Gasteiger partial charge in [-0.25, -0.2) is 0 Å². The van der Waals surface area contributed by atoms with Crippen LogP contribution in [0.25, 0.3) is 0 Å². The molecule has 0 aliphatic carbocycles. The fourth-order valence-electron chi connectivity index (χ4n) is 0.477. The molecule has 1 heterocycles. The van der Waals surface area contributed by atoms with Crippen LogP contribution in [0.2, 0.25) is 0 Å².